The second-order valence-electron chi connectivity index (χ2n) is 1.54. The fourth-order valence-corrected chi connectivity index (χ4v) is 1.51. The summed E-state index contributed by atoms with van der Waals surface area (Å²) < 4.78 is 5.14. The summed E-state index contributed by atoms with van der Waals surface area (Å²) in [4.78, 5) is 20.4. The number of hydrogen-bond acceptors (Lipinski definition) is 3. The second-order valence-corrected chi connectivity index (χ2v) is 3.37. The Bertz CT molecular complexity index is 121. The number of hydrogen-bond donors (Lipinski definition) is 1. The Morgan fingerprint density at radius 3 is 2.50 bits per heavy atom. The van der Waals surface area contributed by atoms with E-state index in [4.69, 9.17) is 0 Å². The van der Waals surface area contributed by atoms with Gasteiger partial charge in [-0.15, -0.1) is 0 Å². The van der Waals surface area contributed by atoms with Gasteiger partial charge in [0.2, 0.25) is 0 Å². The van der Waals surface area contributed by atoms with Crippen LogP contribution in [0.1, 0.15) is 13.8 Å². The van der Waals surface area contributed by atoms with E-state index in [-0.39, 0.29) is 11.9 Å². The minimum absolute atomic E-state index is 0.0909. The number of carbonyl (C=O) groups is 2. The zero-order chi connectivity index (χ0) is 7.98. The van der Waals surface area contributed by atoms with Gasteiger partial charge < -0.3 is 0 Å². The Kier molecular flexibility index (Phi) is 5.27. The van der Waals surface area contributed by atoms with Crippen LogP contribution in [-0.2, 0) is 12.7 Å². The van der Waals surface area contributed by atoms with Crippen LogP contribution in [0.5, 0.6) is 0 Å². The zero-order valence-corrected chi connectivity index (χ0v) is 7.97. The summed E-state index contributed by atoms with van der Waals surface area (Å²) in [5, 5.41) is 2.53. The van der Waals surface area contributed by atoms with Crippen molar-refractivity contribution in [1.29, 1.82) is 0 Å². The molecule has 0 saturated heterocycles. The molecule has 5 heteroatoms. The Labute approximate surface area is 70.1 Å². The quantitative estimate of drug-likeness (QED) is 0.249. The first kappa shape index (κ1) is 9.67. The van der Waals surface area contributed by atoms with E-state index in [1.165, 1.54) is 13.8 Å². The van der Waals surface area contributed by atoms with Gasteiger partial charge in [-0.2, -0.15) is 0 Å². The number of carbonyl (C=O) groups excluding carboxylic acids is 2. The van der Waals surface area contributed by atoms with Crippen LogP contribution < -0.4 is 26.9 Å². The molecular weight excluding hydrogens is 249 g/mol. The molecule has 1 amide bonds. The maximum atomic E-state index is 10.3. The molecule has 0 bridgehead atoms. The van der Waals surface area contributed by atoms with E-state index in [1.54, 1.807) is 0 Å². The van der Waals surface area contributed by atoms with Crippen molar-refractivity contribution in [2.45, 2.75) is 13.8 Å². The van der Waals surface area contributed by atoms with Crippen molar-refractivity contribution in [2.75, 3.05) is 4.55 Å². The van der Waals surface area contributed by atoms with Crippen LogP contribution in [0.3, 0.4) is 0 Å². The van der Waals surface area contributed by atoms with Gasteiger partial charge >= 0.3 is 69.9 Å². The third kappa shape index (κ3) is 7.67. The molecule has 60 valence electrons. The van der Waals surface area contributed by atoms with Crippen molar-refractivity contribution >= 4 is 11.9 Å². The van der Waals surface area contributed by atoms with Gasteiger partial charge in [-0.25, -0.2) is 0 Å². The molecule has 0 aliphatic rings. The van der Waals surface area contributed by atoms with Crippen molar-refractivity contribution in [1.82, 2.24) is 5.32 Å². The van der Waals surface area contributed by atoms with Crippen molar-refractivity contribution in [3.05, 3.63) is 0 Å². The van der Waals surface area contributed by atoms with Crippen LogP contribution in [0.25, 0.3) is 0 Å². The normalized spacial score (nSPS) is 9.00. The summed E-state index contributed by atoms with van der Waals surface area (Å²) in [6.07, 6.45) is 0. The predicted octanol–water partition coefficient (Wildman–Crippen LogP) is -3.35. The van der Waals surface area contributed by atoms with E-state index in [0.717, 1.165) is 0 Å². The molecule has 0 radical (unpaired) electrons. The SMILES string of the molecule is CC(=O)NC[I-]OC(C)=O. The maximum absolute atomic E-state index is 10.3. The number of alkyl halides is 1. The van der Waals surface area contributed by atoms with E-state index in [9.17, 15) is 9.59 Å². The van der Waals surface area contributed by atoms with Crippen LogP contribution in [0.4, 0.5) is 0 Å². The fourth-order valence-electron chi connectivity index (χ4n) is 0.225. The molecule has 0 unspecified atom stereocenters. The molecule has 10 heavy (non-hydrogen) atoms. The van der Waals surface area contributed by atoms with Crippen molar-refractivity contribution in [3.63, 3.8) is 0 Å². The number of halogens is 1. The Morgan fingerprint density at radius 2 is 2.10 bits per heavy atom. The molecule has 0 aliphatic carbocycles. The van der Waals surface area contributed by atoms with Gasteiger partial charge in [-0.3, -0.25) is 0 Å². The average molecular weight is 258 g/mol. The van der Waals surface area contributed by atoms with E-state index in [0.29, 0.717) is 4.55 Å². The zero-order valence-electron chi connectivity index (χ0n) is 5.81. The van der Waals surface area contributed by atoms with Gasteiger partial charge in [0.25, 0.3) is 0 Å². The van der Waals surface area contributed by atoms with Crippen molar-refractivity contribution in [2.24, 2.45) is 0 Å². The van der Waals surface area contributed by atoms with Crippen LogP contribution in [0.2, 0.25) is 0 Å². The molecule has 0 fully saturated rings. The summed E-state index contributed by atoms with van der Waals surface area (Å²) in [5.74, 6) is -0.370. The van der Waals surface area contributed by atoms with Crippen LogP contribution in [0.15, 0.2) is 0 Å². The van der Waals surface area contributed by atoms with Gasteiger partial charge in [-0.1, -0.05) is 0 Å². The molecule has 0 saturated carbocycles. The van der Waals surface area contributed by atoms with Crippen molar-refractivity contribution in [3.8, 4) is 0 Å². The van der Waals surface area contributed by atoms with Gasteiger partial charge in [0.15, 0.2) is 0 Å². The molecule has 0 spiro atoms. The Hall–Kier alpha value is -0.330. The summed E-state index contributed by atoms with van der Waals surface area (Å²) in [5.41, 5.74) is 0. The molecule has 0 heterocycles. The molecule has 0 aromatic carbocycles. The molecule has 4 nitrogen and oxygen atoms in total. The number of amides is 1. The molecule has 0 rings (SSSR count). The van der Waals surface area contributed by atoms with Crippen LogP contribution in [0, 0.1) is 0 Å². The van der Waals surface area contributed by atoms with E-state index < -0.39 is 21.6 Å². The average Bonchev–Trinajstić information content (AvgIpc) is 1.79. The number of rotatable bonds is 3. The third-order valence-corrected chi connectivity index (χ3v) is 2.16. The first-order valence-electron chi connectivity index (χ1n) is 2.64. The molecule has 0 aromatic rings. The van der Waals surface area contributed by atoms with Crippen molar-refractivity contribution < 1.29 is 34.3 Å². The minimum atomic E-state index is -0.631. The standard InChI is InChI=1S/C5H9INO3/c1-4(8)7-3-6-10-5(2)9/h3H2,1-2H3,(H,7,8)/q-1. The first-order chi connectivity index (χ1) is 4.63. The van der Waals surface area contributed by atoms with Gasteiger partial charge in [0, 0.05) is 0 Å². The summed E-state index contributed by atoms with van der Waals surface area (Å²) in [6.45, 7) is 2.78. The summed E-state index contributed by atoms with van der Waals surface area (Å²) in [6, 6.07) is 0. The molecule has 0 aromatic heterocycles. The van der Waals surface area contributed by atoms with Gasteiger partial charge in [-0.05, 0) is 0 Å². The molecular formula is C5H9INO3-. The predicted molar refractivity (Wildman–Crippen MR) is 30.4 cm³/mol. The van der Waals surface area contributed by atoms with Gasteiger partial charge in [0.05, 0.1) is 0 Å². The van der Waals surface area contributed by atoms with E-state index in [2.05, 4.69) is 8.38 Å². The second kappa shape index (κ2) is 5.45. The van der Waals surface area contributed by atoms with Gasteiger partial charge in [0.1, 0.15) is 0 Å². The summed E-state index contributed by atoms with van der Waals surface area (Å²) >= 11 is -0.631. The Balaban J connectivity index is 3.06. The van der Waals surface area contributed by atoms with E-state index in [1.807, 2.05) is 0 Å². The molecule has 0 atom stereocenters. The van der Waals surface area contributed by atoms with E-state index >= 15 is 0 Å². The third-order valence-electron chi connectivity index (χ3n) is 0.534. The molecule has 0 aliphatic heterocycles. The number of nitrogens with one attached hydrogen (secondary N) is 1. The first-order valence-corrected chi connectivity index (χ1v) is 5.04. The monoisotopic (exact) mass is 258 g/mol. The molecule has 1 N–H and O–H groups in total. The summed E-state index contributed by atoms with van der Waals surface area (Å²) in [7, 11) is 0. The van der Waals surface area contributed by atoms with Crippen LogP contribution in [-0.4, -0.2) is 16.4 Å². The fraction of sp³-hybridized carbons (Fsp3) is 0.600. The Morgan fingerprint density at radius 1 is 1.50 bits per heavy atom. The topological polar surface area (TPSA) is 55.4 Å². The van der Waals surface area contributed by atoms with Crippen LogP contribution >= 0.6 is 0 Å².